The average Bonchev–Trinajstić information content (AvgIpc) is 2.69. The number of rotatable bonds is 6. The van der Waals surface area contributed by atoms with Crippen molar-refractivity contribution in [2.24, 2.45) is 0 Å². The van der Waals surface area contributed by atoms with E-state index in [4.69, 9.17) is 18.9 Å². The van der Waals surface area contributed by atoms with E-state index in [1.54, 1.807) is 25.1 Å². The Morgan fingerprint density at radius 2 is 1.85 bits per heavy atom. The Morgan fingerprint density at radius 3 is 2.48 bits per heavy atom. The lowest BCUT2D eigenvalue weighted by molar-refractivity contribution is -0.140. The molecule has 8 heteroatoms. The Kier molecular flexibility index (Phi) is 6.73. The monoisotopic (exact) mass is 375 g/mol. The van der Waals surface area contributed by atoms with Gasteiger partial charge in [-0.3, -0.25) is 0 Å². The molecule has 0 saturated heterocycles. The summed E-state index contributed by atoms with van der Waals surface area (Å²) in [7, 11) is 2.43. The average molecular weight is 375 g/mol. The first kappa shape index (κ1) is 20.2. The normalized spacial score (nSPS) is 13.8. The summed E-state index contributed by atoms with van der Waals surface area (Å²) in [6.07, 6.45) is 1.47. The Hall–Kier alpha value is -3.13. The minimum absolute atomic E-state index is 0.00444. The van der Waals surface area contributed by atoms with Crippen LogP contribution in [0.4, 0.5) is 5.69 Å². The molecule has 0 fully saturated rings. The predicted molar refractivity (Wildman–Crippen MR) is 96.0 cm³/mol. The second kappa shape index (κ2) is 9.00. The van der Waals surface area contributed by atoms with Crippen molar-refractivity contribution in [3.05, 3.63) is 53.3 Å². The number of aryl methyl sites for hydroxylation is 1. The fourth-order valence-electron chi connectivity index (χ4n) is 2.60. The van der Waals surface area contributed by atoms with Gasteiger partial charge in [-0.2, -0.15) is 0 Å². The topological polar surface area (TPSA) is 91.4 Å². The Bertz CT molecular complexity index is 797. The number of carbonyl (C=O) groups excluding carboxylic acids is 3. The van der Waals surface area contributed by atoms with Gasteiger partial charge in [0.15, 0.2) is 0 Å². The van der Waals surface area contributed by atoms with E-state index in [9.17, 15) is 14.4 Å². The molecule has 144 valence electrons. The molecule has 1 aliphatic heterocycles. The molecule has 0 N–H and O–H groups in total. The minimum atomic E-state index is -0.712. The summed E-state index contributed by atoms with van der Waals surface area (Å²) in [6.45, 7) is 5.28. The third kappa shape index (κ3) is 4.53. The summed E-state index contributed by atoms with van der Waals surface area (Å²) < 4.78 is 20.1. The zero-order valence-electron chi connectivity index (χ0n) is 15.4. The van der Waals surface area contributed by atoms with Crippen LogP contribution in [0.15, 0.2) is 42.1 Å². The number of anilines is 1. The van der Waals surface area contributed by atoms with Crippen molar-refractivity contribution in [1.82, 2.24) is 0 Å². The smallest absolute Gasteiger partial charge is 0.355 e. The Labute approximate surface area is 156 Å². The highest BCUT2D eigenvalue weighted by Gasteiger charge is 2.32. The van der Waals surface area contributed by atoms with Gasteiger partial charge in [0.2, 0.25) is 0 Å². The lowest BCUT2D eigenvalue weighted by Crippen LogP contribution is -2.38. The van der Waals surface area contributed by atoms with Crippen LogP contribution >= 0.6 is 0 Å². The SMILES string of the molecule is C=CCOC(=O)c1cc(C)cc(N2COCC(C(=O)OC)=C2C(=O)OC)c1. The lowest BCUT2D eigenvalue weighted by atomic mass is 10.1. The van der Waals surface area contributed by atoms with Crippen LogP contribution in [0.5, 0.6) is 0 Å². The molecule has 1 aromatic carbocycles. The third-order valence-electron chi connectivity index (χ3n) is 3.77. The Balaban J connectivity index is 2.52. The highest BCUT2D eigenvalue weighted by molar-refractivity contribution is 6.03. The first-order valence-electron chi connectivity index (χ1n) is 8.07. The van der Waals surface area contributed by atoms with Crippen molar-refractivity contribution >= 4 is 23.6 Å². The molecule has 1 heterocycles. The maximum atomic E-state index is 12.3. The number of hydrogen-bond acceptors (Lipinski definition) is 8. The van der Waals surface area contributed by atoms with E-state index in [0.717, 1.165) is 5.56 Å². The standard InChI is InChI=1S/C19H21NO7/c1-5-6-27-17(21)13-7-12(2)8-14(9-13)20-11-26-10-15(18(22)24-3)16(20)19(23)25-4/h5,7-9H,1,6,10-11H2,2-4H3. The van der Waals surface area contributed by atoms with Gasteiger partial charge >= 0.3 is 17.9 Å². The van der Waals surface area contributed by atoms with Gasteiger partial charge in [-0.15, -0.1) is 0 Å². The molecule has 8 nitrogen and oxygen atoms in total. The molecule has 0 bridgehead atoms. The van der Waals surface area contributed by atoms with E-state index in [1.165, 1.54) is 25.2 Å². The van der Waals surface area contributed by atoms with Crippen molar-refractivity contribution in [3.63, 3.8) is 0 Å². The van der Waals surface area contributed by atoms with Crippen molar-refractivity contribution in [1.29, 1.82) is 0 Å². The molecule has 1 aromatic rings. The maximum Gasteiger partial charge on any atom is 0.355 e. The van der Waals surface area contributed by atoms with Gasteiger partial charge in [0.1, 0.15) is 19.0 Å². The Morgan fingerprint density at radius 1 is 1.15 bits per heavy atom. The molecule has 0 aromatic heterocycles. The first-order chi connectivity index (χ1) is 12.9. The number of nitrogens with zero attached hydrogens (tertiary/aromatic N) is 1. The number of benzene rings is 1. The molecule has 0 radical (unpaired) electrons. The number of methoxy groups -OCH3 is 2. The molecule has 1 aliphatic rings. The van der Waals surface area contributed by atoms with Crippen LogP contribution in [0.2, 0.25) is 0 Å². The van der Waals surface area contributed by atoms with Crippen LogP contribution in [0.3, 0.4) is 0 Å². The zero-order chi connectivity index (χ0) is 20.0. The lowest BCUT2D eigenvalue weighted by Gasteiger charge is -2.31. The van der Waals surface area contributed by atoms with Crippen molar-refractivity contribution < 1.29 is 33.3 Å². The van der Waals surface area contributed by atoms with Crippen molar-refractivity contribution in [2.45, 2.75) is 6.92 Å². The van der Waals surface area contributed by atoms with Gasteiger partial charge in [-0.25, -0.2) is 14.4 Å². The fourth-order valence-corrected chi connectivity index (χ4v) is 2.60. The summed E-state index contributed by atoms with van der Waals surface area (Å²) >= 11 is 0. The van der Waals surface area contributed by atoms with Crippen molar-refractivity contribution in [2.75, 3.05) is 39.1 Å². The second-order valence-electron chi connectivity index (χ2n) is 5.66. The third-order valence-corrected chi connectivity index (χ3v) is 3.77. The first-order valence-corrected chi connectivity index (χ1v) is 8.07. The van der Waals surface area contributed by atoms with Gasteiger partial charge in [0.25, 0.3) is 0 Å². The summed E-state index contributed by atoms with van der Waals surface area (Å²) in [5.41, 5.74) is 1.57. The molecule has 0 spiro atoms. The minimum Gasteiger partial charge on any atom is -0.466 e. The largest absolute Gasteiger partial charge is 0.466 e. The molecule has 27 heavy (non-hydrogen) atoms. The highest BCUT2D eigenvalue weighted by Crippen LogP contribution is 2.28. The predicted octanol–water partition coefficient (Wildman–Crippen LogP) is 1.73. The van der Waals surface area contributed by atoms with Crippen LogP contribution in [-0.4, -0.2) is 52.1 Å². The van der Waals surface area contributed by atoms with Crippen LogP contribution in [0, 0.1) is 6.92 Å². The van der Waals surface area contributed by atoms with Crippen LogP contribution < -0.4 is 4.90 Å². The van der Waals surface area contributed by atoms with Gasteiger partial charge < -0.3 is 23.8 Å². The van der Waals surface area contributed by atoms with Gasteiger partial charge in [-0.05, 0) is 30.7 Å². The maximum absolute atomic E-state index is 12.3. The molecule has 0 atom stereocenters. The fraction of sp³-hybridized carbons (Fsp3) is 0.316. The number of esters is 3. The highest BCUT2D eigenvalue weighted by atomic mass is 16.5. The van der Waals surface area contributed by atoms with E-state index in [-0.39, 0.29) is 31.2 Å². The van der Waals surface area contributed by atoms with Crippen LogP contribution in [-0.2, 0) is 28.5 Å². The molecular formula is C19H21NO7. The van der Waals surface area contributed by atoms with Gasteiger partial charge in [-0.1, -0.05) is 12.7 Å². The quantitative estimate of drug-likeness (QED) is 0.422. The molecule has 0 amide bonds. The van der Waals surface area contributed by atoms with Crippen LogP contribution in [0.25, 0.3) is 0 Å². The summed E-state index contributed by atoms with van der Waals surface area (Å²) in [5, 5.41) is 0. The van der Waals surface area contributed by atoms with E-state index < -0.39 is 17.9 Å². The molecule has 2 rings (SSSR count). The van der Waals surface area contributed by atoms with Crippen molar-refractivity contribution in [3.8, 4) is 0 Å². The van der Waals surface area contributed by atoms with E-state index in [1.807, 2.05) is 0 Å². The summed E-state index contributed by atoms with van der Waals surface area (Å²) in [4.78, 5) is 38.0. The van der Waals surface area contributed by atoms with E-state index in [0.29, 0.717) is 11.3 Å². The molecular weight excluding hydrogens is 354 g/mol. The van der Waals surface area contributed by atoms with E-state index >= 15 is 0 Å². The molecule has 0 unspecified atom stereocenters. The molecule has 0 aliphatic carbocycles. The van der Waals surface area contributed by atoms with Gasteiger partial charge in [0.05, 0.1) is 32.0 Å². The number of carbonyl (C=O) groups is 3. The summed E-state index contributed by atoms with van der Waals surface area (Å²) in [6, 6.07) is 4.95. The molecule has 0 saturated carbocycles. The zero-order valence-corrected chi connectivity index (χ0v) is 15.4. The number of hydrogen-bond donors (Lipinski definition) is 0. The van der Waals surface area contributed by atoms with Gasteiger partial charge in [0, 0.05) is 5.69 Å². The number of ether oxygens (including phenoxy) is 4. The second-order valence-corrected chi connectivity index (χ2v) is 5.66. The van der Waals surface area contributed by atoms with E-state index in [2.05, 4.69) is 6.58 Å². The summed E-state index contributed by atoms with van der Waals surface area (Å²) in [5.74, 6) is -1.94. The van der Waals surface area contributed by atoms with Crippen LogP contribution in [0.1, 0.15) is 15.9 Å².